The van der Waals surface area contributed by atoms with E-state index in [4.69, 9.17) is 0 Å². The Morgan fingerprint density at radius 2 is 0.393 bits per heavy atom. The number of amides is 8. The van der Waals surface area contributed by atoms with E-state index in [9.17, 15) is 99.6 Å². The van der Waals surface area contributed by atoms with E-state index in [2.05, 4.69) is 42.5 Å². The molecular weight excluding hydrogens is 2540 g/mol. The molecule has 0 bridgehead atoms. The van der Waals surface area contributed by atoms with Crippen LogP contribution in [0.3, 0.4) is 0 Å². The summed E-state index contributed by atoms with van der Waals surface area (Å²) in [7, 11) is 0. The lowest BCUT2D eigenvalue weighted by Gasteiger charge is -2.35. The van der Waals surface area contributed by atoms with Crippen molar-refractivity contribution in [3.8, 4) is 23.0 Å². The summed E-state index contributed by atoms with van der Waals surface area (Å²) in [5.74, 6) is -9.85. The SMILES string of the molecule is O=C(NCC(CNC(=O)c1c(I)c(O)c(I)c(C(=O)NC(CO)CO)c1I)(CNC(=O)c1c(I)c(O)c(I)c(C(=O)NC(CO)CO)c1I)CNC(=O)c1c(I)c(O)c(I)c(C(=O)NC(CO)CO)c1I)c1c(I)c(O)c(I)c(C(=O)NC(CO)CO)c1I. The van der Waals surface area contributed by atoms with Gasteiger partial charge in [-0.1, -0.05) is 0 Å². The molecule has 0 radical (unpaired) electrons. The van der Waals surface area contributed by atoms with Crippen LogP contribution in [-0.4, -0.2) is 212 Å². The van der Waals surface area contributed by atoms with E-state index in [0.29, 0.717) is 0 Å². The van der Waals surface area contributed by atoms with Gasteiger partial charge in [-0.2, -0.15) is 0 Å². The Bertz CT molecular complexity index is 3000. The van der Waals surface area contributed by atoms with Gasteiger partial charge in [0.25, 0.3) is 47.3 Å². The van der Waals surface area contributed by atoms with E-state index in [0.717, 1.165) is 0 Å². The van der Waals surface area contributed by atoms with E-state index < -0.39 is 179 Å². The highest BCUT2D eigenvalue weighted by atomic mass is 127. The highest BCUT2D eigenvalue weighted by Gasteiger charge is 2.39. The van der Waals surface area contributed by atoms with Crippen molar-refractivity contribution in [2.45, 2.75) is 24.2 Å². The van der Waals surface area contributed by atoms with E-state index >= 15 is 0 Å². The molecule has 0 heterocycles. The molecule has 28 nitrogen and oxygen atoms in total. The molecule has 20 N–H and O–H groups in total. The number of carbonyl (C=O) groups excluding carboxylic acids is 8. The monoisotopic (exact) mass is 2590 g/mol. The summed E-state index contributed by atoms with van der Waals surface area (Å²) in [4.78, 5) is 115. The Morgan fingerprint density at radius 3 is 0.528 bits per heavy atom. The fraction of sp³-hybridized carbons (Fsp3) is 0.347. The number of carbonyl (C=O) groups is 8. The molecule has 0 spiro atoms. The number of phenols is 4. The number of halogens is 12. The number of rotatable bonds is 28. The predicted octanol–water partition coefficient (Wildman–Crippen LogP) is 2.10. The van der Waals surface area contributed by atoms with Crippen LogP contribution in [0.1, 0.15) is 82.9 Å². The Kier molecular flexibility index (Phi) is 34.2. The van der Waals surface area contributed by atoms with E-state index in [1.807, 2.05) is 0 Å². The second-order valence-electron chi connectivity index (χ2n) is 18.5. The molecule has 488 valence electrons. The molecule has 4 aromatic carbocycles. The second-order valence-corrected chi connectivity index (χ2v) is 31.5. The molecule has 0 atom stereocenters. The number of aliphatic hydroxyl groups excluding tert-OH is 8. The Hall–Kier alpha value is 0.280. The minimum Gasteiger partial charge on any atom is -0.506 e. The third kappa shape index (κ3) is 19.4. The van der Waals surface area contributed by atoms with Gasteiger partial charge in [-0.05, 0) is 271 Å². The summed E-state index contributed by atoms with van der Waals surface area (Å²) in [6.45, 7) is -8.41. The summed E-state index contributed by atoms with van der Waals surface area (Å²) in [6, 6.07) is -4.65. The summed E-state index contributed by atoms with van der Waals surface area (Å²) >= 11 is 20.1. The summed E-state index contributed by atoms with van der Waals surface area (Å²) in [5.41, 5.74) is -4.18. The third-order valence-corrected chi connectivity index (χ3v) is 25.3. The van der Waals surface area contributed by atoms with Gasteiger partial charge in [-0.25, -0.2) is 0 Å². The average molecular weight is 2590 g/mol. The highest BCUT2D eigenvalue weighted by molar-refractivity contribution is 14.1. The van der Waals surface area contributed by atoms with Crippen molar-refractivity contribution < 1.29 is 99.6 Å². The van der Waals surface area contributed by atoms with Crippen molar-refractivity contribution in [1.29, 1.82) is 0 Å². The predicted molar refractivity (Wildman–Crippen MR) is 419 cm³/mol. The van der Waals surface area contributed by atoms with Crippen LogP contribution in [0.25, 0.3) is 0 Å². The van der Waals surface area contributed by atoms with E-state index in [1.54, 1.807) is 271 Å². The molecule has 0 unspecified atom stereocenters. The number of hydrogen-bond donors (Lipinski definition) is 20. The molecule has 0 saturated heterocycles. The third-order valence-electron chi connectivity index (χ3n) is 12.6. The minimum absolute atomic E-state index is 0.0305. The van der Waals surface area contributed by atoms with Crippen molar-refractivity contribution in [3.05, 3.63) is 87.3 Å². The number of phenolic OH excluding ortho intramolecular Hbond substituents is 4. The first kappa shape index (κ1) is 81.7. The molecular formula is C49H48I12N8O20. The van der Waals surface area contributed by atoms with Crippen LogP contribution >= 0.6 is 271 Å². The number of nitrogens with one attached hydrogen (secondary N) is 8. The highest BCUT2D eigenvalue weighted by Crippen LogP contribution is 2.41. The van der Waals surface area contributed by atoms with Crippen molar-refractivity contribution in [1.82, 2.24) is 42.5 Å². The van der Waals surface area contributed by atoms with Gasteiger partial charge in [0.05, 0.1) is 150 Å². The normalized spacial score (nSPS) is 11.5. The molecule has 0 aliphatic rings. The van der Waals surface area contributed by atoms with Crippen LogP contribution in [0.4, 0.5) is 0 Å². The lowest BCUT2D eigenvalue weighted by Crippen LogP contribution is -2.57. The second kappa shape index (κ2) is 37.3. The summed E-state index contributed by atoms with van der Waals surface area (Å²) in [5, 5.41) is 144. The first-order valence-corrected chi connectivity index (χ1v) is 37.5. The zero-order valence-electron chi connectivity index (χ0n) is 44.5. The van der Waals surface area contributed by atoms with Gasteiger partial charge >= 0.3 is 0 Å². The number of aliphatic hydroxyl groups is 8. The maximum absolute atomic E-state index is 14.9. The summed E-state index contributed by atoms with van der Waals surface area (Å²) < 4.78 is -0.670. The zero-order valence-corrected chi connectivity index (χ0v) is 70.4. The quantitative estimate of drug-likeness (QED) is 0.0362. The van der Waals surface area contributed by atoms with Crippen LogP contribution < -0.4 is 42.5 Å². The fourth-order valence-electron chi connectivity index (χ4n) is 7.62. The molecule has 8 amide bonds. The number of aromatic hydroxyl groups is 4. The van der Waals surface area contributed by atoms with Gasteiger partial charge in [-0.15, -0.1) is 0 Å². The van der Waals surface area contributed by atoms with Crippen LogP contribution in [0, 0.1) is 48.3 Å². The van der Waals surface area contributed by atoms with Gasteiger partial charge in [-0.3, -0.25) is 38.4 Å². The largest absolute Gasteiger partial charge is 0.506 e. The maximum atomic E-state index is 14.9. The standard InChI is InChI=1S/C49H48I12N8O20/c50-25-17(29(54)37(78)33(58)21(25)45(86)66-13(1-70)2-71)41(82)62-9-49(10-63-42(83)18-26(51)22(34(59)38(79)30(18)55)46(87)67-14(3-72)4-73,11-64-43(84)19-27(52)23(35(60)39(80)31(19)56)47(88)68-15(5-74)6-75)12-65-44(85)20-28(53)24(36(61)40(81)32(20)57)48(89)69-16(7-76)8-77/h13-16,70-81H,1-12H2,(H,62,82)(H,63,83)(H,64,84)(H,65,85)(H,66,86)(H,67,87)(H,68,88)(H,69,89). The molecule has 4 rings (SSSR count). The number of benzene rings is 4. The Labute approximate surface area is 668 Å². The van der Waals surface area contributed by atoms with Crippen molar-refractivity contribution in [2.75, 3.05) is 79.0 Å². The van der Waals surface area contributed by atoms with E-state index in [1.165, 1.54) is 0 Å². The van der Waals surface area contributed by atoms with Gasteiger partial charge in [0.1, 0.15) is 23.0 Å². The molecule has 4 aromatic rings. The first-order chi connectivity index (χ1) is 41.8. The first-order valence-electron chi connectivity index (χ1n) is 24.6. The van der Waals surface area contributed by atoms with E-state index in [-0.39, 0.29) is 87.3 Å². The maximum Gasteiger partial charge on any atom is 0.253 e. The molecule has 40 heteroatoms. The number of hydrogen-bond acceptors (Lipinski definition) is 20. The lowest BCUT2D eigenvalue weighted by atomic mass is 9.86. The van der Waals surface area contributed by atoms with Crippen LogP contribution in [0.5, 0.6) is 23.0 Å². The van der Waals surface area contributed by atoms with Gasteiger partial charge < -0.3 is 104 Å². The molecule has 0 aromatic heterocycles. The van der Waals surface area contributed by atoms with Crippen molar-refractivity contribution in [2.24, 2.45) is 5.41 Å². The smallest absolute Gasteiger partial charge is 0.253 e. The minimum atomic E-state index is -1.97. The lowest BCUT2D eigenvalue weighted by molar-refractivity contribution is 0.0857. The molecule has 89 heavy (non-hydrogen) atoms. The van der Waals surface area contributed by atoms with Gasteiger partial charge in [0.15, 0.2) is 0 Å². The van der Waals surface area contributed by atoms with Gasteiger partial charge in [0.2, 0.25) is 0 Å². The topological polar surface area (TPSA) is 476 Å². The Morgan fingerprint density at radius 1 is 0.258 bits per heavy atom. The van der Waals surface area contributed by atoms with Crippen molar-refractivity contribution in [3.63, 3.8) is 0 Å². The van der Waals surface area contributed by atoms with Crippen LogP contribution in [0.15, 0.2) is 0 Å². The average Bonchev–Trinajstić information content (AvgIpc) is 0.866. The molecule has 0 aliphatic carbocycles. The van der Waals surface area contributed by atoms with Crippen LogP contribution in [-0.2, 0) is 0 Å². The fourth-order valence-corrected chi connectivity index (χ4v) is 24.2. The molecule has 0 saturated carbocycles. The molecule has 0 fully saturated rings. The zero-order chi connectivity index (χ0) is 67.4. The molecule has 0 aliphatic heterocycles. The van der Waals surface area contributed by atoms with Gasteiger partial charge in [0, 0.05) is 45.9 Å². The van der Waals surface area contributed by atoms with Crippen LogP contribution in [0.2, 0.25) is 0 Å². The Balaban J connectivity index is 2.08. The summed E-state index contributed by atoms with van der Waals surface area (Å²) in [6.07, 6.45) is 0. The van der Waals surface area contributed by atoms with Crippen molar-refractivity contribution >= 4 is 318 Å².